The summed E-state index contributed by atoms with van der Waals surface area (Å²) in [6, 6.07) is 14.7. The molecule has 3 aromatic carbocycles. The van der Waals surface area contributed by atoms with Gasteiger partial charge >= 0.3 is 5.97 Å². The summed E-state index contributed by atoms with van der Waals surface area (Å²) in [5, 5.41) is 22.9. The molecule has 1 spiro atoms. The molecular formula is C24H21NO5S. The number of hydrogen-bond donors (Lipinski definition) is 3. The summed E-state index contributed by atoms with van der Waals surface area (Å²) >= 11 is 5.09. The van der Waals surface area contributed by atoms with Crippen LogP contribution in [0, 0.1) is 0 Å². The highest BCUT2D eigenvalue weighted by atomic mass is 32.1. The first-order valence-electron chi connectivity index (χ1n) is 9.89. The van der Waals surface area contributed by atoms with Crippen molar-refractivity contribution in [3.05, 3.63) is 76.9 Å². The fraction of sp³-hybridized carbons (Fsp3) is 0.167. The number of aromatic hydroxyl groups is 2. The second-order valence-electron chi connectivity index (χ2n) is 6.98. The van der Waals surface area contributed by atoms with Crippen LogP contribution in [0.15, 0.2) is 54.6 Å². The van der Waals surface area contributed by atoms with E-state index in [0.29, 0.717) is 44.4 Å². The molecule has 31 heavy (non-hydrogen) atoms. The fourth-order valence-electron chi connectivity index (χ4n) is 3.99. The number of benzene rings is 3. The van der Waals surface area contributed by atoms with Crippen molar-refractivity contribution in [1.29, 1.82) is 0 Å². The third-order valence-electron chi connectivity index (χ3n) is 5.09. The van der Waals surface area contributed by atoms with Gasteiger partial charge in [-0.25, -0.2) is 4.79 Å². The van der Waals surface area contributed by atoms with E-state index in [-0.39, 0.29) is 11.5 Å². The Balaban J connectivity index is 0.00000112. The minimum atomic E-state index is -1.25. The van der Waals surface area contributed by atoms with Gasteiger partial charge in [0, 0.05) is 34.5 Å². The molecule has 5 rings (SSSR count). The number of nitrogens with one attached hydrogen (secondary N) is 1. The summed E-state index contributed by atoms with van der Waals surface area (Å²) in [5.41, 5.74) is 1.68. The van der Waals surface area contributed by atoms with Crippen LogP contribution < -0.4 is 10.1 Å². The molecule has 3 aromatic rings. The molecule has 0 fully saturated rings. The van der Waals surface area contributed by atoms with Crippen molar-refractivity contribution in [3.63, 3.8) is 0 Å². The van der Waals surface area contributed by atoms with Crippen LogP contribution >= 0.6 is 12.2 Å². The summed E-state index contributed by atoms with van der Waals surface area (Å²) in [5.74, 6) is 0.248. The number of carbonyl (C=O) groups is 1. The van der Waals surface area contributed by atoms with Crippen LogP contribution in [0.5, 0.6) is 23.0 Å². The molecule has 0 radical (unpaired) electrons. The molecule has 0 aliphatic carbocycles. The van der Waals surface area contributed by atoms with Gasteiger partial charge in [0.05, 0.1) is 10.6 Å². The number of ether oxygens (including phenoxy) is 2. The van der Waals surface area contributed by atoms with Crippen LogP contribution in [0.3, 0.4) is 0 Å². The molecule has 158 valence electrons. The molecule has 0 saturated heterocycles. The molecule has 7 heteroatoms. The van der Waals surface area contributed by atoms with Crippen molar-refractivity contribution in [2.75, 3.05) is 5.32 Å². The largest absolute Gasteiger partial charge is 0.508 e. The second-order valence-corrected chi connectivity index (χ2v) is 7.59. The van der Waals surface area contributed by atoms with Gasteiger partial charge in [-0.1, -0.05) is 32.1 Å². The quantitative estimate of drug-likeness (QED) is 0.346. The maximum Gasteiger partial charge on any atom is 0.340 e. The van der Waals surface area contributed by atoms with E-state index >= 15 is 0 Å². The van der Waals surface area contributed by atoms with E-state index in [4.69, 9.17) is 21.7 Å². The first-order valence-corrected chi connectivity index (χ1v) is 10.3. The minimum Gasteiger partial charge on any atom is -0.508 e. The number of hydrogen-bond acceptors (Lipinski definition) is 6. The highest BCUT2D eigenvalue weighted by Crippen LogP contribution is 2.57. The van der Waals surface area contributed by atoms with E-state index in [1.165, 1.54) is 24.3 Å². The van der Waals surface area contributed by atoms with Gasteiger partial charge in [0.2, 0.25) is 0 Å². The predicted octanol–water partition coefficient (Wildman–Crippen LogP) is 5.45. The summed E-state index contributed by atoms with van der Waals surface area (Å²) in [4.78, 5) is 13.5. The topological polar surface area (TPSA) is 88.0 Å². The zero-order valence-electron chi connectivity index (χ0n) is 17.2. The van der Waals surface area contributed by atoms with Crippen molar-refractivity contribution in [1.82, 2.24) is 0 Å². The highest BCUT2D eigenvalue weighted by Gasteiger charge is 2.53. The van der Waals surface area contributed by atoms with Crippen LogP contribution in [-0.4, -0.2) is 21.2 Å². The summed E-state index contributed by atoms with van der Waals surface area (Å²) in [6.45, 7) is 5.76. The van der Waals surface area contributed by atoms with E-state index < -0.39 is 11.6 Å². The van der Waals surface area contributed by atoms with Gasteiger partial charge in [-0.15, -0.1) is 0 Å². The standard InChI is InChI=1S/C22H15NO5S.C2H6/c1-11(29)23-12-2-5-16-15(8-12)21(26)28-22(16)17-6-3-13(24)9-19(17)27-20-10-14(25)4-7-18(20)22;1-2/h2-10,24-25H,1H3,(H,23,29);1-2H3. The number of fused-ring (bicyclic) bond motifs is 6. The molecule has 2 aliphatic rings. The number of anilines is 1. The number of carbonyl (C=O) groups excluding carboxylic acids is 1. The Morgan fingerprint density at radius 3 is 2.00 bits per heavy atom. The second kappa shape index (κ2) is 7.59. The Morgan fingerprint density at radius 1 is 0.903 bits per heavy atom. The molecule has 0 atom stereocenters. The first-order chi connectivity index (χ1) is 14.9. The monoisotopic (exact) mass is 435 g/mol. The smallest absolute Gasteiger partial charge is 0.340 e. The van der Waals surface area contributed by atoms with Crippen molar-refractivity contribution in [2.45, 2.75) is 26.4 Å². The van der Waals surface area contributed by atoms with Gasteiger partial charge in [0.25, 0.3) is 0 Å². The van der Waals surface area contributed by atoms with E-state index in [0.717, 1.165) is 0 Å². The van der Waals surface area contributed by atoms with Gasteiger partial charge in [-0.2, -0.15) is 0 Å². The molecule has 0 aromatic heterocycles. The Labute approximate surface area is 185 Å². The summed E-state index contributed by atoms with van der Waals surface area (Å²) < 4.78 is 11.9. The van der Waals surface area contributed by atoms with E-state index in [1.54, 1.807) is 25.1 Å². The Morgan fingerprint density at radius 2 is 1.45 bits per heavy atom. The maximum absolute atomic E-state index is 12.9. The van der Waals surface area contributed by atoms with Crippen molar-refractivity contribution in [3.8, 4) is 23.0 Å². The van der Waals surface area contributed by atoms with E-state index in [9.17, 15) is 15.0 Å². The van der Waals surface area contributed by atoms with Gasteiger partial charge < -0.3 is 25.0 Å². The lowest BCUT2D eigenvalue weighted by Gasteiger charge is -2.36. The highest BCUT2D eigenvalue weighted by molar-refractivity contribution is 7.80. The average molecular weight is 436 g/mol. The minimum absolute atomic E-state index is 0.0167. The Kier molecular flexibility index (Phi) is 5.07. The third kappa shape index (κ3) is 3.18. The third-order valence-corrected chi connectivity index (χ3v) is 5.20. The molecule has 3 N–H and O–H groups in total. The average Bonchev–Trinajstić information content (AvgIpc) is 3.01. The lowest BCUT2D eigenvalue weighted by molar-refractivity contribution is 0.0224. The summed E-state index contributed by atoms with van der Waals surface area (Å²) in [6.07, 6.45) is 0. The van der Waals surface area contributed by atoms with Gasteiger partial charge in [0.1, 0.15) is 23.0 Å². The molecule has 0 saturated carbocycles. The van der Waals surface area contributed by atoms with Gasteiger partial charge in [-0.05, 0) is 43.3 Å². The van der Waals surface area contributed by atoms with Crippen molar-refractivity contribution in [2.24, 2.45) is 0 Å². The van der Waals surface area contributed by atoms with E-state index in [2.05, 4.69) is 5.32 Å². The summed E-state index contributed by atoms with van der Waals surface area (Å²) in [7, 11) is 0. The Hall–Kier alpha value is -3.58. The van der Waals surface area contributed by atoms with E-state index in [1.807, 2.05) is 26.0 Å². The van der Waals surface area contributed by atoms with Crippen LogP contribution in [-0.2, 0) is 10.3 Å². The first kappa shape index (κ1) is 20.7. The number of rotatable bonds is 1. The number of esters is 1. The number of thiocarbonyl (C=S) groups is 1. The lowest BCUT2D eigenvalue weighted by atomic mass is 9.77. The van der Waals surface area contributed by atoms with Crippen LogP contribution in [0.2, 0.25) is 0 Å². The maximum atomic E-state index is 12.9. The normalized spacial score (nSPS) is 14.2. The molecule has 0 bridgehead atoms. The van der Waals surface area contributed by atoms with Gasteiger partial charge in [0.15, 0.2) is 5.60 Å². The predicted molar refractivity (Wildman–Crippen MR) is 121 cm³/mol. The fourth-order valence-corrected chi connectivity index (χ4v) is 4.10. The molecule has 0 unspecified atom stereocenters. The molecule has 0 amide bonds. The van der Waals surface area contributed by atoms with Crippen molar-refractivity contribution >= 4 is 28.9 Å². The SMILES string of the molecule is CC.CC(=S)Nc1ccc2c(c1)C(=O)OC21c2ccc(O)cc2Oc2cc(O)ccc21. The zero-order valence-corrected chi connectivity index (χ0v) is 18.0. The van der Waals surface area contributed by atoms with Gasteiger partial charge in [-0.3, -0.25) is 0 Å². The number of phenols is 2. The Bertz CT molecular complexity index is 1170. The molecule has 2 heterocycles. The molecule has 2 aliphatic heterocycles. The lowest BCUT2D eigenvalue weighted by Crippen LogP contribution is -2.32. The van der Waals surface area contributed by atoms with Crippen LogP contribution in [0.25, 0.3) is 0 Å². The number of phenolic OH excluding ortho intramolecular Hbond substituents is 2. The van der Waals surface area contributed by atoms with Crippen LogP contribution in [0.4, 0.5) is 5.69 Å². The zero-order chi connectivity index (χ0) is 22.3. The van der Waals surface area contributed by atoms with Crippen molar-refractivity contribution < 1.29 is 24.5 Å². The molecule has 6 nitrogen and oxygen atoms in total. The molecular weight excluding hydrogens is 414 g/mol. The van der Waals surface area contributed by atoms with Crippen LogP contribution in [0.1, 0.15) is 47.8 Å².